The lowest BCUT2D eigenvalue weighted by atomic mass is 10.2. The van der Waals surface area contributed by atoms with Gasteiger partial charge in [-0.15, -0.1) is 11.6 Å². The van der Waals surface area contributed by atoms with Gasteiger partial charge in [0.05, 0.1) is 18.7 Å². The Hall–Kier alpha value is -1.74. The van der Waals surface area contributed by atoms with E-state index in [-0.39, 0.29) is 0 Å². The van der Waals surface area contributed by atoms with Crippen molar-refractivity contribution in [2.24, 2.45) is 0 Å². The van der Waals surface area contributed by atoms with E-state index in [0.29, 0.717) is 5.88 Å². The predicted molar refractivity (Wildman–Crippen MR) is 74.9 cm³/mol. The first-order chi connectivity index (χ1) is 8.77. The van der Waals surface area contributed by atoms with Gasteiger partial charge in [-0.2, -0.15) is 0 Å². The summed E-state index contributed by atoms with van der Waals surface area (Å²) < 4.78 is 5.36. The maximum Gasteiger partial charge on any atom is 0.142 e. The molecule has 18 heavy (non-hydrogen) atoms. The fourth-order valence-electron chi connectivity index (χ4n) is 1.86. The molecule has 0 radical (unpaired) electrons. The average molecular weight is 263 g/mol. The van der Waals surface area contributed by atoms with Crippen LogP contribution in [-0.2, 0) is 5.88 Å². The number of hydrogen-bond donors (Lipinski definition) is 0. The first-order valence-electron chi connectivity index (χ1n) is 5.64. The van der Waals surface area contributed by atoms with E-state index in [2.05, 4.69) is 4.98 Å². The topological polar surface area (TPSA) is 25.4 Å². The van der Waals surface area contributed by atoms with Crippen molar-refractivity contribution in [1.82, 2.24) is 4.98 Å². The van der Waals surface area contributed by atoms with Crippen molar-refractivity contribution in [3.8, 4) is 5.75 Å². The van der Waals surface area contributed by atoms with Crippen molar-refractivity contribution in [2.45, 2.75) is 5.88 Å². The first-order valence-corrected chi connectivity index (χ1v) is 6.18. The zero-order valence-electron chi connectivity index (χ0n) is 10.4. The lowest BCUT2D eigenvalue weighted by molar-refractivity contribution is 0.415. The Balaban J connectivity index is 2.44. The first kappa shape index (κ1) is 12.7. The summed E-state index contributed by atoms with van der Waals surface area (Å²) in [4.78, 5) is 6.37. The minimum atomic E-state index is 0.433. The number of halogens is 1. The van der Waals surface area contributed by atoms with Crippen LogP contribution in [0.15, 0.2) is 42.6 Å². The molecule has 0 spiro atoms. The fraction of sp³-hybridized carbons (Fsp3) is 0.214. The van der Waals surface area contributed by atoms with Gasteiger partial charge in [0.25, 0.3) is 0 Å². The van der Waals surface area contributed by atoms with E-state index in [1.54, 1.807) is 13.3 Å². The number of nitrogens with zero attached hydrogens (tertiary/aromatic N) is 2. The molecule has 0 atom stereocenters. The Kier molecular flexibility index (Phi) is 4.05. The molecule has 4 heteroatoms. The molecule has 3 nitrogen and oxygen atoms in total. The van der Waals surface area contributed by atoms with Crippen molar-refractivity contribution in [1.29, 1.82) is 0 Å². The van der Waals surface area contributed by atoms with E-state index in [4.69, 9.17) is 16.3 Å². The maximum atomic E-state index is 5.94. The molecule has 0 aliphatic heterocycles. The van der Waals surface area contributed by atoms with Crippen LogP contribution < -0.4 is 9.64 Å². The standard InChI is InChI=1S/C14H15ClN2O/c1-17(12-7-3-4-8-13(12)18-2)14-11(10-15)6-5-9-16-14/h3-9H,10H2,1-2H3. The minimum Gasteiger partial charge on any atom is -0.495 e. The van der Waals surface area contributed by atoms with E-state index >= 15 is 0 Å². The number of pyridine rings is 1. The van der Waals surface area contributed by atoms with Gasteiger partial charge in [-0.25, -0.2) is 4.98 Å². The van der Waals surface area contributed by atoms with Crippen LogP contribution in [0.5, 0.6) is 5.75 Å². The third-order valence-corrected chi connectivity index (χ3v) is 3.06. The highest BCUT2D eigenvalue weighted by atomic mass is 35.5. The summed E-state index contributed by atoms with van der Waals surface area (Å²) in [6.07, 6.45) is 1.76. The Bertz CT molecular complexity index is 483. The molecule has 0 bridgehead atoms. The number of para-hydroxylation sites is 2. The molecule has 2 rings (SSSR count). The summed E-state index contributed by atoms with van der Waals surface area (Å²) in [6, 6.07) is 11.7. The second-order valence-electron chi connectivity index (χ2n) is 3.85. The van der Waals surface area contributed by atoms with E-state index in [0.717, 1.165) is 22.8 Å². The van der Waals surface area contributed by atoms with Crippen LogP contribution >= 0.6 is 11.6 Å². The number of rotatable bonds is 4. The molecule has 1 aromatic carbocycles. The van der Waals surface area contributed by atoms with Gasteiger partial charge in [-0.1, -0.05) is 18.2 Å². The minimum absolute atomic E-state index is 0.433. The number of alkyl halides is 1. The Morgan fingerprint density at radius 2 is 2.00 bits per heavy atom. The molecule has 0 saturated carbocycles. The van der Waals surface area contributed by atoms with E-state index in [1.807, 2.05) is 48.3 Å². The molecule has 0 N–H and O–H groups in total. The number of ether oxygens (including phenoxy) is 1. The predicted octanol–water partition coefficient (Wildman–Crippen LogP) is 3.60. The second-order valence-corrected chi connectivity index (χ2v) is 4.12. The van der Waals surface area contributed by atoms with Crippen LogP contribution in [0.1, 0.15) is 5.56 Å². The molecule has 0 aliphatic carbocycles. The highest BCUT2D eigenvalue weighted by molar-refractivity contribution is 6.17. The van der Waals surface area contributed by atoms with Crippen LogP contribution in [-0.4, -0.2) is 19.1 Å². The lowest BCUT2D eigenvalue weighted by Crippen LogP contribution is -2.14. The van der Waals surface area contributed by atoms with Crippen LogP contribution in [0.25, 0.3) is 0 Å². The smallest absolute Gasteiger partial charge is 0.142 e. The van der Waals surface area contributed by atoms with Gasteiger partial charge in [-0.05, 0) is 18.2 Å². The monoisotopic (exact) mass is 262 g/mol. The van der Waals surface area contributed by atoms with Gasteiger partial charge in [0, 0.05) is 18.8 Å². The quantitative estimate of drug-likeness (QED) is 0.788. The van der Waals surface area contributed by atoms with Crippen LogP contribution in [0, 0.1) is 0 Å². The zero-order chi connectivity index (χ0) is 13.0. The molecule has 2 aromatic rings. The van der Waals surface area contributed by atoms with E-state index in [9.17, 15) is 0 Å². The molecular formula is C14H15ClN2O. The SMILES string of the molecule is COc1ccccc1N(C)c1ncccc1CCl. The summed E-state index contributed by atoms with van der Waals surface area (Å²) in [6.45, 7) is 0. The number of methoxy groups -OCH3 is 1. The van der Waals surface area contributed by atoms with Crippen molar-refractivity contribution >= 4 is 23.1 Å². The zero-order valence-corrected chi connectivity index (χ0v) is 11.2. The third kappa shape index (κ3) is 2.41. The number of hydrogen-bond acceptors (Lipinski definition) is 3. The van der Waals surface area contributed by atoms with Gasteiger partial charge < -0.3 is 9.64 Å². The molecule has 0 amide bonds. The molecule has 0 fully saturated rings. The van der Waals surface area contributed by atoms with Crippen molar-refractivity contribution in [3.63, 3.8) is 0 Å². The molecular weight excluding hydrogens is 248 g/mol. The Morgan fingerprint density at radius 1 is 1.22 bits per heavy atom. The van der Waals surface area contributed by atoms with Gasteiger partial charge in [0.2, 0.25) is 0 Å². The fourth-order valence-corrected chi connectivity index (χ4v) is 2.07. The molecule has 1 heterocycles. The number of aromatic nitrogens is 1. The molecule has 94 valence electrons. The van der Waals surface area contributed by atoms with Gasteiger partial charge in [-0.3, -0.25) is 0 Å². The van der Waals surface area contributed by atoms with Crippen LogP contribution in [0.3, 0.4) is 0 Å². The molecule has 0 unspecified atom stereocenters. The molecule has 0 aliphatic rings. The normalized spacial score (nSPS) is 10.2. The van der Waals surface area contributed by atoms with Crippen LogP contribution in [0.2, 0.25) is 0 Å². The van der Waals surface area contributed by atoms with Gasteiger partial charge >= 0.3 is 0 Å². The van der Waals surface area contributed by atoms with Crippen molar-refractivity contribution in [3.05, 3.63) is 48.2 Å². The van der Waals surface area contributed by atoms with Crippen LogP contribution in [0.4, 0.5) is 11.5 Å². The highest BCUT2D eigenvalue weighted by Gasteiger charge is 2.13. The van der Waals surface area contributed by atoms with Crippen molar-refractivity contribution in [2.75, 3.05) is 19.1 Å². The van der Waals surface area contributed by atoms with Crippen molar-refractivity contribution < 1.29 is 4.74 Å². The van der Waals surface area contributed by atoms with Gasteiger partial charge in [0.15, 0.2) is 0 Å². The maximum absolute atomic E-state index is 5.94. The summed E-state index contributed by atoms with van der Waals surface area (Å²) in [7, 11) is 3.61. The number of benzene rings is 1. The number of anilines is 2. The molecule has 1 aromatic heterocycles. The third-order valence-electron chi connectivity index (χ3n) is 2.78. The Labute approximate surface area is 112 Å². The lowest BCUT2D eigenvalue weighted by Gasteiger charge is -2.22. The summed E-state index contributed by atoms with van der Waals surface area (Å²) in [5.41, 5.74) is 1.96. The second kappa shape index (κ2) is 5.74. The van der Waals surface area contributed by atoms with E-state index in [1.165, 1.54) is 0 Å². The van der Waals surface area contributed by atoms with Gasteiger partial charge in [0.1, 0.15) is 11.6 Å². The Morgan fingerprint density at radius 3 is 2.72 bits per heavy atom. The highest BCUT2D eigenvalue weighted by Crippen LogP contribution is 2.32. The summed E-state index contributed by atoms with van der Waals surface area (Å²) >= 11 is 5.94. The molecule has 0 saturated heterocycles. The summed E-state index contributed by atoms with van der Waals surface area (Å²) in [5, 5.41) is 0. The summed E-state index contributed by atoms with van der Waals surface area (Å²) in [5.74, 6) is 2.09. The average Bonchev–Trinajstić information content (AvgIpc) is 2.46. The van der Waals surface area contributed by atoms with E-state index < -0.39 is 0 Å². The largest absolute Gasteiger partial charge is 0.495 e.